The molecule has 7 nitrogen and oxygen atoms in total. The minimum Gasteiger partial charge on any atom is -0.448 e. The number of ether oxygens (including phenoxy) is 2. The molecule has 7 heteroatoms. The molecule has 1 N–H and O–H groups in total. The van der Waals surface area contributed by atoms with Crippen molar-refractivity contribution in [1.29, 1.82) is 0 Å². The third kappa shape index (κ3) is 3.39. The largest absolute Gasteiger partial charge is 0.448 e. The number of carbonyl (C=O) groups excluding carboxylic acids is 1. The molecular formula is C26H25N3O4. The van der Waals surface area contributed by atoms with E-state index in [0.29, 0.717) is 31.7 Å². The highest BCUT2D eigenvalue weighted by molar-refractivity contribution is 5.79. The lowest BCUT2D eigenvalue weighted by molar-refractivity contribution is -0.138. The number of aromatic nitrogens is 2. The van der Waals surface area contributed by atoms with E-state index in [4.69, 9.17) is 9.47 Å². The van der Waals surface area contributed by atoms with Gasteiger partial charge in [-0.2, -0.15) is 0 Å². The number of amides is 1. The first-order valence-corrected chi connectivity index (χ1v) is 11.3. The number of morpholine rings is 1. The SMILES string of the molecule is O=C(OCC1c2ccccc2-c2ccccc21)N1C2COCC1CC(O)(c1cnccn1)C2. The van der Waals surface area contributed by atoms with Crippen LogP contribution in [0.25, 0.3) is 11.1 Å². The van der Waals surface area contributed by atoms with Gasteiger partial charge in [-0.1, -0.05) is 48.5 Å². The normalized spacial score (nSPS) is 25.9. The zero-order valence-corrected chi connectivity index (χ0v) is 18.1. The van der Waals surface area contributed by atoms with Crippen LogP contribution in [0.1, 0.15) is 35.6 Å². The highest BCUT2D eigenvalue weighted by Gasteiger charge is 2.50. The van der Waals surface area contributed by atoms with E-state index in [2.05, 4.69) is 34.2 Å². The molecule has 1 amide bonds. The molecule has 33 heavy (non-hydrogen) atoms. The molecule has 2 aromatic carbocycles. The number of piperidine rings is 1. The average Bonchev–Trinajstić information content (AvgIpc) is 3.16. The van der Waals surface area contributed by atoms with Gasteiger partial charge in [-0.15, -0.1) is 0 Å². The maximum absolute atomic E-state index is 13.3. The maximum Gasteiger partial charge on any atom is 0.410 e. The number of nitrogens with zero attached hydrogens (tertiary/aromatic N) is 3. The second-order valence-corrected chi connectivity index (χ2v) is 9.09. The summed E-state index contributed by atoms with van der Waals surface area (Å²) < 4.78 is 11.6. The van der Waals surface area contributed by atoms with Crippen LogP contribution in [0.4, 0.5) is 4.79 Å². The second-order valence-electron chi connectivity index (χ2n) is 9.09. The number of aliphatic hydroxyl groups is 1. The molecule has 0 spiro atoms. The van der Waals surface area contributed by atoms with Gasteiger partial charge in [0.05, 0.1) is 37.2 Å². The number of rotatable bonds is 3. The average molecular weight is 444 g/mol. The van der Waals surface area contributed by atoms with Crippen molar-refractivity contribution in [2.75, 3.05) is 19.8 Å². The smallest absolute Gasteiger partial charge is 0.410 e. The van der Waals surface area contributed by atoms with Gasteiger partial charge in [-0.05, 0) is 22.3 Å². The highest BCUT2D eigenvalue weighted by Crippen LogP contribution is 2.45. The van der Waals surface area contributed by atoms with Crippen LogP contribution in [0.2, 0.25) is 0 Å². The van der Waals surface area contributed by atoms with Gasteiger partial charge in [0.1, 0.15) is 12.2 Å². The summed E-state index contributed by atoms with van der Waals surface area (Å²) in [4.78, 5) is 23.5. The summed E-state index contributed by atoms with van der Waals surface area (Å²) in [5.41, 5.74) is 4.18. The summed E-state index contributed by atoms with van der Waals surface area (Å²) in [6.45, 7) is 1.00. The van der Waals surface area contributed by atoms with E-state index in [1.165, 1.54) is 22.3 Å². The molecule has 2 saturated heterocycles. The second kappa shape index (κ2) is 7.93. The number of hydrogen-bond donors (Lipinski definition) is 1. The molecule has 3 aliphatic rings. The summed E-state index contributed by atoms with van der Waals surface area (Å²) >= 11 is 0. The Labute approximate surface area is 192 Å². The fourth-order valence-corrected chi connectivity index (χ4v) is 5.69. The van der Waals surface area contributed by atoms with Crippen molar-refractivity contribution in [3.05, 3.63) is 83.9 Å². The molecule has 2 fully saturated rings. The molecule has 1 aromatic heterocycles. The van der Waals surface area contributed by atoms with Crippen molar-refractivity contribution in [2.45, 2.75) is 36.4 Å². The molecule has 1 aliphatic carbocycles. The number of fused-ring (bicyclic) bond motifs is 5. The van der Waals surface area contributed by atoms with Crippen LogP contribution < -0.4 is 0 Å². The Morgan fingerprint density at radius 3 is 2.27 bits per heavy atom. The zero-order chi connectivity index (χ0) is 22.4. The summed E-state index contributed by atoms with van der Waals surface area (Å²) in [6.07, 6.45) is 5.09. The Hall–Kier alpha value is -3.29. The van der Waals surface area contributed by atoms with Gasteiger partial charge in [-0.25, -0.2) is 4.79 Å². The van der Waals surface area contributed by atoms with Gasteiger partial charge in [-0.3, -0.25) is 14.9 Å². The standard InChI is InChI=1S/C26H25N3O4/c30-25(33-16-23-21-7-3-1-5-19(21)20-6-2-4-8-22(20)23)29-17-11-26(31,12-18(29)15-32-14-17)24-13-27-9-10-28-24/h1-10,13,17-18,23,31H,11-12,14-16H2. The van der Waals surface area contributed by atoms with Gasteiger partial charge < -0.3 is 14.6 Å². The highest BCUT2D eigenvalue weighted by atomic mass is 16.6. The molecule has 0 radical (unpaired) electrons. The van der Waals surface area contributed by atoms with Crippen molar-refractivity contribution in [3.63, 3.8) is 0 Å². The lowest BCUT2D eigenvalue weighted by Gasteiger charge is -2.50. The van der Waals surface area contributed by atoms with Gasteiger partial charge in [0.2, 0.25) is 0 Å². The minimum absolute atomic E-state index is 0.0127. The third-order valence-electron chi connectivity index (χ3n) is 7.14. The van der Waals surface area contributed by atoms with Crippen LogP contribution >= 0.6 is 0 Å². The topological polar surface area (TPSA) is 84.8 Å². The molecule has 2 atom stereocenters. The fourth-order valence-electron chi connectivity index (χ4n) is 5.69. The first-order chi connectivity index (χ1) is 16.1. The lowest BCUT2D eigenvalue weighted by atomic mass is 9.79. The number of carbonyl (C=O) groups is 1. The molecule has 2 aliphatic heterocycles. The van der Waals surface area contributed by atoms with E-state index in [-0.39, 0.29) is 30.7 Å². The molecule has 2 unspecified atom stereocenters. The quantitative estimate of drug-likeness (QED) is 0.667. The van der Waals surface area contributed by atoms with Gasteiger partial charge in [0.15, 0.2) is 0 Å². The Morgan fingerprint density at radius 2 is 1.67 bits per heavy atom. The Kier molecular flexibility index (Phi) is 4.89. The molecular weight excluding hydrogens is 418 g/mol. The van der Waals surface area contributed by atoms with Crippen LogP contribution in [0, 0.1) is 0 Å². The summed E-state index contributed by atoms with van der Waals surface area (Å²) in [7, 11) is 0. The predicted molar refractivity (Wildman–Crippen MR) is 120 cm³/mol. The van der Waals surface area contributed by atoms with Gasteiger partial charge in [0.25, 0.3) is 0 Å². The van der Waals surface area contributed by atoms with Crippen molar-refractivity contribution in [1.82, 2.24) is 14.9 Å². The Balaban J connectivity index is 1.21. The van der Waals surface area contributed by atoms with E-state index >= 15 is 0 Å². The first-order valence-electron chi connectivity index (χ1n) is 11.3. The molecule has 3 heterocycles. The fraction of sp³-hybridized carbons (Fsp3) is 0.346. The van der Waals surface area contributed by atoms with E-state index in [0.717, 1.165) is 0 Å². The van der Waals surface area contributed by atoms with Crippen LogP contribution in [-0.2, 0) is 15.1 Å². The molecule has 6 rings (SSSR count). The summed E-state index contributed by atoms with van der Waals surface area (Å²) in [5, 5.41) is 11.3. The molecule has 0 saturated carbocycles. The third-order valence-corrected chi connectivity index (χ3v) is 7.14. The van der Waals surface area contributed by atoms with E-state index in [1.807, 2.05) is 24.3 Å². The summed E-state index contributed by atoms with van der Waals surface area (Å²) in [5.74, 6) is 0.0127. The van der Waals surface area contributed by atoms with Gasteiger partial charge >= 0.3 is 6.09 Å². The van der Waals surface area contributed by atoms with Crippen LogP contribution in [-0.4, -0.2) is 58.0 Å². The van der Waals surface area contributed by atoms with Crippen molar-refractivity contribution in [2.24, 2.45) is 0 Å². The molecule has 3 aromatic rings. The number of hydrogen-bond acceptors (Lipinski definition) is 6. The van der Waals surface area contributed by atoms with Crippen LogP contribution in [0.15, 0.2) is 67.1 Å². The number of benzene rings is 2. The first kappa shape index (κ1) is 20.3. The Bertz CT molecular complexity index is 1130. The van der Waals surface area contributed by atoms with Crippen LogP contribution in [0.3, 0.4) is 0 Å². The van der Waals surface area contributed by atoms with Gasteiger partial charge in [0, 0.05) is 31.2 Å². The zero-order valence-electron chi connectivity index (χ0n) is 18.1. The molecule has 168 valence electrons. The minimum atomic E-state index is -1.13. The molecule has 2 bridgehead atoms. The van der Waals surface area contributed by atoms with E-state index in [1.54, 1.807) is 23.5 Å². The lowest BCUT2D eigenvalue weighted by Crippen LogP contribution is -2.62. The monoisotopic (exact) mass is 443 g/mol. The van der Waals surface area contributed by atoms with Crippen molar-refractivity contribution in [3.8, 4) is 11.1 Å². The summed E-state index contributed by atoms with van der Waals surface area (Å²) in [6, 6.07) is 16.0. The van der Waals surface area contributed by atoms with Crippen molar-refractivity contribution >= 4 is 6.09 Å². The van der Waals surface area contributed by atoms with E-state index in [9.17, 15) is 9.90 Å². The van der Waals surface area contributed by atoms with Crippen molar-refractivity contribution < 1.29 is 19.4 Å². The Morgan fingerprint density at radius 1 is 1.03 bits per heavy atom. The maximum atomic E-state index is 13.3. The predicted octanol–water partition coefficient (Wildman–Crippen LogP) is 3.48. The van der Waals surface area contributed by atoms with Crippen LogP contribution in [0.5, 0.6) is 0 Å². The van der Waals surface area contributed by atoms with E-state index < -0.39 is 5.60 Å².